The molecule has 0 bridgehead atoms. The molecule has 1 aromatic carbocycles. The van der Waals surface area contributed by atoms with Crippen LogP contribution in [-0.2, 0) is 0 Å². The number of anilines is 3. The van der Waals surface area contributed by atoms with Crippen LogP contribution in [0.15, 0.2) is 36.9 Å². The standard InChI is InChI=1S/C14H14N6O/c1-15-13-11-12(17-7-18-13)14(19-8-16-11)20-9-3-5-10(21-2)6-4-9/h3-8H,1-2H3,(H,15,17,18)(H,16,19,20). The van der Waals surface area contributed by atoms with Crippen molar-refractivity contribution in [2.24, 2.45) is 0 Å². The molecule has 0 fully saturated rings. The van der Waals surface area contributed by atoms with Crippen LogP contribution in [0, 0.1) is 0 Å². The summed E-state index contributed by atoms with van der Waals surface area (Å²) in [5.74, 6) is 2.09. The lowest BCUT2D eigenvalue weighted by Crippen LogP contribution is -2.01. The second-order valence-electron chi connectivity index (χ2n) is 4.25. The van der Waals surface area contributed by atoms with Crippen molar-refractivity contribution in [2.75, 3.05) is 24.8 Å². The van der Waals surface area contributed by atoms with Crippen molar-refractivity contribution in [1.82, 2.24) is 19.9 Å². The topological polar surface area (TPSA) is 84.9 Å². The van der Waals surface area contributed by atoms with E-state index in [4.69, 9.17) is 4.74 Å². The molecule has 2 N–H and O–H groups in total. The molecule has 0 amide bonds. The summed E-state index contributed by atoms with van der Waals surface area (Å²) >= 11 is 0. The third-order valence-electron chi connectivity index (χ3n) is 3.01. The van der Waals surface area contributed by atoms with Gasteiger partial charge in [-0.25, -0.2) is 19.9 Å². The number of fused-ring (bicyclic) bond motifs is 1. The Hall–Kier alpha value is -2.96. The number of ether oxygens (including phenoxy) is 1. The Kier molecular flexibility index (Phi) is 3.46. The zero-order valence-electron chi connectivity index (χ0n) is 11.7. The zero-order chi connectivity index (χ0) is 14.7. The van der Waals surface area contributed by atoms with E-state index in [9.17, 15) is 0 Å². The minimum atomic E-state index is 0.629. The van der Waals surface area contributed by atoms with Gasteiger partial charge < -0.3 is 15.4 Å². The Morgan fingerprint density at radius 3 is 2.10 bits per heavy atom. The van der Waals surface area contributed by atoms with Crippen LogP contribution in [0.25, 0.3) is 11.0 Å². The van der Waals surface area contributed by atoms with Crippen LogP contribution in [0.1, 0.15) is 0 Å². The van der Waals surface area contributed by atoms with Gasteiger partial charge >= 0.3 is 0 Å². The van der Waals surface area contributed by atoms with Crippen molar-refractivity contribution < 1.29 is 4.74 Å². The van der Waals surface area contributed by atoms with E-state index in [0.717, 1.165) is 11.4 Å². The van der Waals surface area contributed by atoms with Crippen molar-refractivity contribution in [1.29, 1.82) is 0 Å². The average Bonchev–Trinajstić information content (AvgIpc) is 2.55. The van der Waals surface area contributed by atoms with E-state index in [2.05, 4.69) is 30.6 Å². The molecule has 0 radical (unpaired) electrons. The van der Waals surface area contributed by atoms with Gasteiger partial charge in [0.05, 0.1) is 7.11 Å². The number of methoxy groups -OCH3 is 1. The molecule has 3 rings (SSSR count). The lowest BCUT2D eigenvalue weighted by Gasteiger charge is -2.09. The van der Waals surface area contributed by atoms with Crippen molar-refractivity contribution in [3.05, 3.63) is 36.9 Å². The zero-order valence-corrected chi connectivity index (χ0v) is 11.7. The van der Waals surface area contributed by atoms with Crippen molar-refractivity contribution in [3.8, 4) is 5.75 Å². The van der Waals surface area contributed by atoms with Crippen molar-refractivity contribution in [2.45, 2.75) is 0 Å². The van der Waals surface area contributed by atoms with Crippen LogP contribution >= 0.6 is 0 Å². The van der Waals surface area contributed by atoms with Gasteiger partial charge in [0.25, 0.3) is 0 Å². The summed E-state index contributed by atoms with van der Waals surface area (Å²) in [6.45, 7) is 0. The summed E-state index contributed by atoms with van der Waals surface area (Å²) < 4.78 is 5.14. The third kappa shape index (κ3) is 2.53. The summed E-state index contributed by atoms with van der Waals surface area (Å²) in [5.41, 5.74) is 2.22. The fraction of sp³-hybridized carbons (Fsp3) is 0.143. The van der Waals surface area contributed by atoms with Gasteiger partial charge in [0.15, 0.2) is 11.6 Å². The van der Waals surface area contributed by atoms with E-state index >= 15 is 0 Å². The van der Waals surface area contributed by atoms with E-state index in [-0.39, 0.29) is 0 Å². The number of hydrogen-bond acceptors (Lipinski definition) is 7. The first kappa shape index (κ1) is 13.0. The van der Waals surface area contributed by atoms with Crippen LogP contribution in [-0.4, -0.2) is 34.1 Å². The normalized spacial score (nSPS) is 10.4. The molecule has 0 unspecified atom stereocenters. The molecule has 21 heavy (non-hydrogen) atoms. The average molecular weight is 282 g/mol. The smallest absolute Gasteiger partial charge is 0.160 e. The van der Waals surface area contributed by atoms with Gasteiger partial charge in [-0.3, -0.25) is 0 Å². The molecular weight excluding hydrogens is 268 g/mol. The number of hydrogen-bond donors (Lipinski definition) is 2. The van der Waals surface area contributed by atoms with Crippen LogP contribution in [0.4, 0.5) is 17.3 Å². The fourth-order valence-electron chi connectivity index (χ4n) is 1.97. The fourth-order valence-corrected chi connectivity index (χ4v) is 1.97. The highest BCUT2D eigenvalue weighted by atomic mass is 16.5. The van der Waals surface area contributed by atoms with Crippen LogP contribution in [0.5, 0.6) is 5.75 Å². The molecule has 0 spiro atoms. The predicted octanol–water partition coefficient (Wildman–Crippen LogP) is 2.21. The maximum absolute atomic E-state index is 5.14. The molecule has 106 valence electrons. The summed E-state index contributed by atoms with van der Waals surface area (Å²) in [4.78, 5) is 16.9. The molecule has 0 saturated heterocycles. The van der Waals surface area contributed by atoms with E-state index in [1.165, 1.54) is 12.7 Å². The first-order valence-electron chi connectivity index (χ1n) is 6.36. The molecule has 7 heteroatoms. The number of rotatable bonds is 4. The number of aromatic nitrogens is 4. The molecule has 2 heterocycles. The first-order valence-corrected chi connectivity index (χ1v) is 6.36. The number of nitrogens with one attached hydrogen (secondary N) is 2. The molecule has 0 aliphatic rings. The molecular formula is C14H14N6O. The summed E-state index contributed by atoms with van der Waals surface area (Å²) in [7, 11) is 3.43. The Bertz CT molecular complexity index is 759. The van der Waals surface area contributed by atoms with E-state index in [1.807, 2.05) is 24.3 Å². The quantitative estimate of drug-likeness (QED) is 0.758. The van der Waals surface area contributed by atoms with Gasteiger partial charge in [-0.15, -0.1) is 0 Å². The predicted molar refractivity (Wildman–Crippen MR) is 81.0 cm³/mol. The molecule has 3 aromatic rings. The summed E-state index contributed by atoms with van der Waals surface area (Å²) in [6.07, 6.45) is 2.97. The Morgan fingerprint density at radius 1 is 0.857 bits per heavy atom. The minimum Gasteiger partial charge on any atom is -0.497 e. The monoisotopic (exact) mass is 282 g/mol. The Labute approximate surface area is 121 Å². The van der Waals surface area contributed by atoms with E-state index in [0.29, 0.717) is 22.7 Å². The maximum atomic E-state index is 5.14. The lowest BCUT2D eigenvalue weighted by atomic mass is 10.3. The molecule has 0 atom stereocenters. The minimum absolute atomic E-state index is 0.629. The highest BCUT2D eigenvalue weighted by Crippen LogP contribution is 2.25. The van der Waals surface area contributed by atoms with Gasteiger partial charge in [0, 0.05) is 12.7 Å². The van der Waals surface area contributed by atoms with Gasteiger partial charge in [0.1, 0.15) is 29.4 Å². The largest absolute Gasteiger partial charge is 0.497 e. The highest BCUT2D eigenvalue weighted by molar-refractivity contribution is 5.93. The van der Waals surface area contributed by atoms with Crippen LogP contribution < -0.4 is 15.4 Å². The molecule has 0 aliphatic carbocycles. The summed E-state index contributed by atoms with van der Waals surface area (Å²) in [6, 6.07) is 7.57. The SMILES string of the molecule is CNc1ncnc2c(Nc3ccc(OC)cc3)ncnc12. The van der Waals surface area contributed by atoms with Gasteiger partial charge in [-0.2, -0.15) is 0 Å². The highest BCUT2D eigenvalue weighted by Gasteiger charge is 2.09. The molecule has 2 aromatic heterocycles. The van der Waals surface area contributed by atoms with Gasteiger partial charge in [-0.05, 0) is 24.3 Å². The molecule has 0 aliphatic heterocycles. The molecule has 7 nitrogen and oxygen atoms in total. The van der Waals surface area contributed by atoms with Crippen LogP contribution in [0.3, 0.4) is 0 Å². The van der Waals surface area contributed by atoms with Gasteiger partial charge in [0.2, 0.25) is 0 Å². The summed E-state index contributed by atoms with van der Waals surface area (Å²) in [5, 5.41) is 6.22. The van der Waals surface area contributed by atoms with E-state index in [1.54, 1.807) is 14.2 Å². The maximum Gasteiger partial charge on any atom is 0.160 e. The third-order valence-corrected chi connectivity index (χ3v) is 3.01. The Balaban J connectivity index is 2.00. The van der Waals surface area contributed by atoms with Crippen molar-refractivity contribution >= 4 is 28.4 Å². The van der Waals surface area contributed by atoms with Gasteiger partial charge in [-0.1, -0.05) is 0 Å². The second-order valence-corrected chi connectivity index (χ2v) is 4.25. The van der Waals surface area contributed by atoms with E-state index < -0.39 is 0 Å². The lowest BCUT2D eigenvalue weighted by molar-refractivity contribution is 0.415. The second kappa shape index (κ2) is 5.58. The number of nitrogens with zero attached hydrogens (tertiary/aromatic N) is 4. The van der Waals surface area contributed by atoms with Crippen LogP contribution in [0.2, 0.25) is 0 Å². The Morgan fingerprint density at radius 2 is 1.48 bits per heavy atom. The number of benzene rings is 1. The van der Waals surface area contributed by atoms with Crippen molar-refractivity contribution in [3.63, 3.8) is 0 Å². The first-order chi connectivity index (χ1) is 10.3. The molecule has 0 saturated carbocycles.